The fourth-order valence-electron chi connectivity index (χ4n) is 5.15. The van der Waals surface area contributed by atoms with Crippen LogP contribution < -0.4 is 0 Å². The lowest BCUT2D eigenvalue weighted by atomic mass is 9.63. The van der Waals surface area contributed by atoms with E-state index in [1.165, 1.54) is 35.8 Å². The lowest BCUT2D eigenvalue weighted by Crippen LogP contribution is -2.37. The van der Waals surface area contributed by atoms with Crippen molar-refractivity contribution in [3.8, 4) is 5.75 Å². The fraction of sp³-hybridized carbons (Fsp3) is 0.474. The molecule has 1 saturated heterocycles. The Morgan fingerprint density at radius 2 is 2.05 bits per heavy atom. The largest absolute Gasteiger partial charge is 0.508 e. The van der Waals surface area contributed by atoms with Gasteiger partial charge in [-0.05, 0) is 65.6 Å². The highest BCUT2D eigenvalue weighted by Crippen LogP contribution is 2.66. The molecule has 2 aliphatic carbocycles. The molecule has 3 unspecified atom stereocenters. The van der Waals surface area contributed by atoms with Gasteiger partial charge in [0.2, 0.25) is 0 Å². The second kappa shape index (κ2) is 3.61. The maximum absolute atomic E-state index is 9.69. The predicted molar refractivity (Wildman–Crippen MR) is 82.7 cm³/mol. The summed E-state index contributed by atoms with van der Waals surface area (Å²) in [6.07, 6.45) is 4.84. The van der Waals surface area contributed by atoms with E-state index in [-0.39, 0.29) is 5.60 Å². The molecule has 0 bridgehead atoms. The van der Waals surface area contributed by atoms with E-state index in [0.29, 0.717) is 17.1 Å². The van der Waals surface area contributed by atoms with Gasteiger partial charge in [0.1, 0.15) is 5.75 Å². The van der Waals surface area contributed by atoms with E-state index < -0.39 is 0 Å². The second-order valence-electron chi connectivity index (χ2n) is 7.33. The van der Waals surface area contributed by atoms with Gasteiger partial charge in [-0.1, -0.05) is 25.1 Å². The highest BCUT2D eigenvalue weighted by Gasteiger charge is 2.66. The Bertz CT molecular complexity index is 759. The number of fused-ring (bicyclic) bond motifs is 6. The lowest BCUT2D eigenvalue weighted by molar-refractivity contribution is 0.120. The average molecular weight is 280 g/mol. The molecule has 3 atom stereocenters. The van der Waals surface area contributed by atoms with Crippen LogP contribution >= 0.6 is 0 Å². The summed E-state index contributed by atoms with van der Waals surface area (Å²) >= 11 is 0. The van der Waals surface area contributed by atoms with E-state index in [0.717, 1.165) is 18.4 Å². The molecule has 1 saturated carbocycles. The Morgan fingerprint density at radius 3 is 2.86 bits per heavy atom. The van der Waals surface area contributed by atoms with E-state index in [1.54, 1.807) is 0 Å². The number of phenols is 1. The normalized spacial score (nSPS) is 36.7. The molecule has 2 fully saturated rings. The molecule has 2 aromatic rings. The number of epoxide rings is 1. The van der Waals surface area contributed by atoms with Crippen molar-refractivity contribution in [1.82, 2.24) is 0 Å². The molecule has 1 heterocycles. The Kier molecular flexibility index (Phi) is 2.07. The van der Waals surface area contributed by atoms with Crippen LogP contribution in [0.4, 0.5) is 0 Å². The smallest absolute Gasteiger partial charge is 0.116 e. The summed E-state index contributed by atoms with van der Waals surface area (Å²) in [6, 6.07) is 10.3. The Morgan fingerprint density at radius 1 is 1.19 bits per heavy atom. The van der Waals surface area contributed by atoms with Crippen LogP contribution in [0.1, 0.15) is 43.2 Å². The van der Waals surface area contributed by atoms with Crippen LogP contribution in [0.5, 0.6) is 5.75 Å². The topological polar surface area (TPSA) is 32.8 Å². The summed E-state index contributed by atoms with van der Waals surface area (Å²) < 4.78 is 5.91. The minimum Gasteiger partial charge on any atom is -0.508 e. The molecule has 2 heteroatoms. The number of hydrogen-bond donors (Lipinski definition) is 1. The van der Waals surface area contributed by atoms with Gasteiger partial charge < -0.3 is 9.84 Å². The summed E-state index contributed by atoms with van der Waals surface area (Å²) in [4.78, 5) is 0. The third-order valence-corrected chi connectivity index (χ3v) is 6.56. The van der Waals surface area contributed by atoms with E-state index in [2.05, 4.69) is 25.1 Å². The van der Waals surface area contributed by atoms with E-state index in [1.807, 2.05) is 12.1 Å². The van der Waals surface area contributed by atoms with Crippen molar-refractivity contribution in [3.05, 3.63) is 41.5 Å². The van der Waals surface area contributed by atoms with Crippen LogP contribution in [0.15, 0.2) is 30.3 Å². The summed E-state index contributed by atoms with van der Waals surface area (Å²) in [6.45, 7) is 3.42. The molecule has 0 aromatic heterocycles. The minimum atomic E-state index is 0.194. The first-order valence-electron chi connectivity index (χ1n) is 8.01. The third-order valence-electron chi connectivity index (χ3n) is 6.56. The van der Waals surface area contributed by atoms with Gasteiger partial charge in [0.15, 0.2) is 0 Å². The standard InChI is InChI=1S/C19H20O2/c1-18-8-6-15-14-5-3-13(20)10-12(14)2-4-16(15)17(18)7-9-19(18)11-21-19/h2-5,10,17,20H,6-9,11H2,1H3. The van der Waals surface area contributed by atoms with Crippen LogP contribution in [0, 0.1) is 5.41 Å². The summed E-state index contributed by atoms with van der Waals surface area (Å²) in [5, 5.41) is 12.2. The number of ether oxygens (including phenoxy) is 1. The van der Waals surface area contributed by atoms with Crippen molar-refractivity contribution in [2.24, 2.45) is 5.41 Å². The SMILES string of the molecule is CC12CCc3c(ccc4cc(O)ccc34)C1CCC21CO1. The van der Waals surface area contributed by atoms with E-state index >= 15 is 0 Å². The number of rotatable bonds is 0. The molecule has 0 radical (unpaired) electrons. The maximum Gasteiger partial charge on any atom is 0.116 e. The van der Waals surface area contributed by atoms with E-state index in [4.69, 9.17) is 4.74 Å². The highest BCUT2D eigenvalue weighted by molar-refractivity contribution is 5.88. The molecule has 108 valence electrons. The predicted octanol–water partition coefficient (Wildman–Crippen LogP) is 4.14. The zero-order chi connectivity index (χ0) is 14.2. The second-order valence-corrected chi connectivity index (χ2v) is 7.33. The van der Waals surface area contributed by atoms with Crippen molar-refractivity contribution >= 4 is 10.8 Å². The van der Waals surface area contributed by atoms with Gasteiger partial charge in [-0.2, -0.15) is 0 Å². The van der Waals surface area contributed by atoms with Crippen molar-refractivity contribution in [1.29, 1.82) is 0 Å². The number of phenolic OH excluding ortho intramolecular Hbond substituents is 1. The van der Waals surface area contributed by atoms with Gasteiger partial charge >= 0.3 is 0 Å². The van der Waals surface area contributed by atoms with Gasteiger partial charge in [0, 0.05) is 5.41 Å². The molecule has 21 heavy (non-hydrogen) atoms. The monoisotopic (exact) mass is 280 g/mol. The van der Waals surface area contributed by atoms with Gasteiger partial charge in [-0.15, -0.1) is 0 Å². The molecule has 1 spiro atoms. The summed E-state index contributed by atoms with van der Waals surface area (Å²) in [7, 11) is 0. The fourth-order valence-corrected chi connectivity index (χ4v) is 5.15. The first-order valence-corrected chi connectivity index (χ1v) is 8.01. The van der Waals surface area contributed by atoms with Gasteiger partial charge in [0.05, 0.1) is 12.2 Å². The number of aromatic hydroxyl groups is 1. The zero-order valence-electron chi connectivity index (χ0n) is 12.4. The molecule has 1 N–H and O–H groups in total. The zero-order valence-corrected chi connectivity index (χ0v) is 12.4. The summed E-state index contributed by atoms with van der Waals surface area (Å²) in [5.74, 6) is 0.997. The minimum absolute atomic E-state index is 0.194. The Labute approximate surface area is 124 Å². The first-order chi connectivity index (χ1) is 10.1. The van der Waals surface area contributed by atoms with Crippen molar-refractivity contribution in [2.45, 2.75) is 44.1 Å². The van der Waals surface area contributed by atoms with Gasteiger partial charge in [-0.25, -0.2) is 0 Å². The van der Waals surface area contributed by atoms with Crippen LogP contribution in [-0.4, -0.2) is 17.3 Å². The van der Waals surface area contributed by atoms with Crippen molar-refractivity contribution in [3.63, 3.8) is 0 Å². The Hall–Kier alpha value is -1.54. The summed E-state index contributed by atoms with van der Waals surface area (Å²) in [5.41, 5.74) is 3.56. The lowest BCUT2D eigenvalue weighted by Gasteiger charge is -2.41. The first kappa shape index (κ1) is 12.0. The molecule has 2 nitrogen and oxygen atoms in total. The third kappa shape index (κ3) is 1.37. The van der Waals surface area contributed by atoms with Gasteiger partial charge in [-0.3, -0.25) is 0 Å². The van der Waals surface area contributed by atoms with Gasteiger partial charge in [0.25, 0.3) is 0 Å². The molecular formula is C19H20O2. The van der Waals surface area contributed by atoms with E-state index in [9.17, 15) is 5.11 Å². The number of aryl methyl sites for hydroxylation is 1. The van der Waals surface area contributed by atoms with Crippen LogP contribution in [0.25, 0.3) is 10.8 Å². The molecule has 1 aliphatic heterocycles. The van der Waals surface area contributed by atoms with Crippen molar-refractivity contribution < 1.29 is 9.84 Å². The molecule has 2 aromatic carbocycles. The number of benzene rings is 2. The van der Waals surface area contributed by atoms with Crippen LogP contribution in [-0.2, 0) is 11.2 Å². The highest BCUT2D eigenvalue weighted by atomic mass is 16.6. The number of hydrogen-bond acceptors (Lipinski definition) is 2. The molecule has 0 amide bonds. The molecule has 3 aliphatic rings. The Balaban J connectivity index is 1.72. The van der Waals surface area contributed by atoms with Crippen LogP contribution in [0.2, 0.25) is 0 Å². The van der Waals surface area contributed by atoms with Crippen molar-refractivity contribution in [2.75, 3.05) is 6.61 Å². The van der Waals surface area contributed by atoms with Crippen LogP contribution in [0.3, 0.4) is 0 Å². The quantitative estimate of drug-likeness (QED) is 0.735. The maximum atomic E-state index is 9.69. The average Bonchev–Trinajstić information content (AvgIpc) is 3.20. The molecule has 5 rings (SSSR count). The molecular weight excluding hydrogens is 260 g/mol.